The minimum absolute atomic E-state index is 0.986. The van der Waals surface area contributed by atoms with E-state index in [-0.39, 0.29) is 0 Å². The zero-order valence-corrected chi connectivity index (χ0v) is 53.3. The summed E-state index contributed by atoms with van der Waals surface area (Å²) in [5.74, 6) is 26.3. The molecule has 2 heteroatoms. The van der Waals surface area contributed by atoms with E-state index in [2.05, 4.69) is 338 Å². The first-order valence-electron chi connectivity index (χ1n) is 32.6. The number of rotatable bonds is 13. The summed E-state index contributed by atoms with van der Waals surface area (Å²) in [6.07, 6.45) is 6.21. The molecule has 2 nitrogen and oxygen atoms in total. The predicted molar refractivity (Wildman–Crippen MR) is 396 cm³/mol. The van der Waals surface area contributed by atoms with Crippen molar-refractivity contribution in [2.45, 2.75) is 72.1 Å². The lowest BCUT2D eigenvalue weighted by molar-refractivity contribution is 0.667. The van der Waals surface area contributed by atoms with Crippen molar-refractivity contribution in [1.82, 2.24) is 4.57 Å². The van der Waals surface area contributed by atoms with Crippen LogP contribution in [0, 0.1) is 61.2 Å². The lowest BCUT2D eigenvalue weighted by Gasteiger charge is -2.28. The van der Waals surface area contributed by atoms with Crippen LogP contribution in [0.2, 0.25) is 0 Å². The van der Waals surface area contributed by atoms with Gasteiger partial charge < -0.3 is 9.47 Å². The first-order chi connectivity index (χ1) is 45.8. The molecule has 0 unspecified atom stereocenters. The van der Waals surface area contributed by atoms with Crippen molar-refractivity contribution in [2.24, 2.45) is 0 Å². The van der Waals surface area contributed by atoms with Gasteiger partial charge in [-0.05, 0) is 259 Å². The molecule has 0 spiro atoms. The summed E-state index contributed by atoms with van der Waals surface area (Å²) < 4.78 is 2.43. The van der Waals surface area contributed by atoms with Gasteiger partial charge in [0.25, 0.3) is 0 Å². The Hall–Kier alpha value is -11.5. The molecule has 442 valence electrons. The number of nitrogens with zero attached hydrogens (tertiary/aromatic N) is 2. The van der Waals surface area contributed by atoms with E-state index in [4.69, 9.17) is 0 Å². The topological polar surface area (TPSA) is 8.17 Å². The maximum absolute atomic E-state index is 3.71. The van der Waals surface area contributed by atoms with Crippen molar-refractivity contribution >= 4 is 71.2 Å². The number of anilines is 3. The molecular weight excluding hydrogens is 1120 g/mol. The molecule has 0 aliphatic heterocycles. The smallest absolute Gasteiger partial charge is 0.145 e. The maximum Gasteiger partial charge on any atom is 0.145 e. The van der Waals surface area contributed by atoms with Crippen molar-refractivity contribution in [2.75, 3.05) is 4.90 Å². The molecule has 93 heavy (non-hydrogen) atoms. The summed E-state index contributed by atoms with van der Waals surface area (Å²) in [4.78, 5) is 2.35. The molecule has 1 aromatic heterocycles. The quantitative estimate of drug-likeness (QED) is 0.0635. The van der Waals surface area contributed by atoms with E-state index in [1.165, 1.54) is 130 Å². The standard InChI is InChI=1S/C91H68N2/c1-6-9-12-13-24-64-36-47-74(48-37-64)93-87-32-21-20-27-78(87)84-59-69(44-54-88(84)93)83-58-68(38-35-63(83)5)66-41-49-73(50-42-66)92(72-45-33-62(4)34-46-72)75-51-53-77-76-52-43-71(60-85(76)91(86(77)61-75,55-22-10-7-2)56-23-11-8-3)90-81-30-18-16-28-79(81)89(80-29-17-19-31-82(80)90)70-40-39-65-25-14-15-26-67(65)57-70/h14-21,25-54,57-61H,6,9,12-13,24H2,1-5H3. The number of unbranched alkanes of at least 4 members (excludes halogenated alkanes) is 3. The van der Waals surface area contributed by atoms with Crippen LogP contribution in [0.15, 0.2) is 261 Å². The van der Waals surface area contributed by atoms with Gasteiger partial charge in [0.15, 0.2) is 0 Å². The van der Waals surface area contributed by atoms with Crippen molar-refractivity contribution in [3.05, 3.63) is 289 Å². The van der Waals surface area contributed by atoms with Crippen LogP contribution in [0.1, 0.15) is 74.3 Å². The fraction of sp³-hybridized carbons (Fsp3) is 0.121. The van der Waals surface area contributed by atoms with Crippen LogP contribution in [0.25, 0.3) is 115 Å². The van der Waals surface area contributed by atoms with E-state index in [1.807, 2.05) is 13.8 Å². The highest BCUT2D eigenvalue weighted by Gasteiger charge is 2.42. The van der Waals surface area contributed by atoms with E-state index in [9.17, 15) is 0 Å². The molecule has 0 atom stereocenters. The Morgan fingerprint density at radius 1 is 0.376 bits per heavy atom. The molecular formula is C91H68N2. The van der Waals surface area contributed by atoms with Crippen LogP contribution in [0.4, 0.5) is 17.1 Å². The molecule has 1 aliphatic rings. The summed E-state index contributed by atoms with van der Waals surface area (Å²) >= 11 is 0. The van der Waals surface area contributed by atoms with E-state index in [0.29, 0.717) is 0 Å². The third-order valence-corrected chi connectivity index (χ3v) is 19.0. The van der Waals surface area contributed by atoms with Crippen LogP contribution in [0.3, 0.4) is 0 Å². The van der Waals surface area contributed by atoms with E-state index < -0.39 is 5.41 Å². The molecule has 14 aromatic rings. The Kier molecular flexibility index (Phi) is 15.4. The molecule has 1 aliphatic carbocycles. The van der Waals surface area contributed by atoms with Gasteiger partial charge in [0, 0.05) is 33.5 Å². The molecule has 0 saturated carbocycles. The second kappa shape index (κ2) is 24.7. The lowest BCUT2D eigenvalue weighted by atomic mass is 9.77. The maximum atomic E-state index is 3.71. The summed E-state index contributed by atoms with van der Waals surface area (Å²) in [6.45, 7) is 10.3. The number of fused-ring (bicyclic) bond motifs is 9. The Morgan fingerprint density at radius 3 is 1.58 bits per heavy atom. The number of hydrogen-bond donors (Lipinski definition) is 0. The third-order valence-electron chi connectivity index (χ3n) is 19.0. The SMILES string of the molecule is CC#CC#CC1(C#CC#CC)c2cc(-c3c4ccccc4c(-c4ccc5ccccc5c4)c4ccccc34)ccc2-c2ccc(N(c3ccc(C)cc3)c3ccc(-c4ccc(C)c(-c5ccc6c(c5)c5ccccc5n6-c5ccc(CCCCCC)cc5)c4)cc3)cc21. The molecule has 0 amide bonds. The Balaban J connectivity index is 0.814. The summed E-state index contributed by atoms with van der Waals surface area (Å²) in [7, 11) is 0. The van der Waals surface area contributed by atoms with Crippen LogP contribution in [0.5, 0.6) is 0 Å². The Bertz CT molecular complexity index is 5460. The largest absolute Gasteiger partial charge is 0.310 e. The average molecular weight is 1190 g/mol. The Morgan fingerprint density at radius 2 is 0.914 bits per heavy atom. The van der Waals surface area contributed by atoms with Gasteiger partial charge in [-0.3, -0.25) is 0 Å². The molecule has 0 fully saturated rings. The molecule has 0 N–H and O–H groups in total. The van der Waals surface area contributed by atoms with Gasteiger partial charge in [-0.15, -0.1) is 0 Å². The average Bonchev–Trinajstić information content (AvgIpc) is 1.69. The highest BCUT2D eigenvalue weighted by Crippen LogP contribution is 2.54. The lowest BCUT2D eigenvalue weighted by Crippen LogP contribution is -2.22. The fourth-order valence-corrected chi connectivity index (χ4v) is 14.4. The normalized spacial score (nSPS) is 11.9. The molecule has 0 saturated heterocycles. The van der Waals surface area contributed by atoms with Crippen molar-refractivity contribution in [1.29, 1.82) is 0 Å². The minimum atomic E-state index is -1.09. The van der Waals surface area contributed by atoms with Crippen LogP contribution in [-0.2, 0) is 11.8 Å². The van der Waals surface area contributed by atoms with Gasteiger partial charge in [-0.25, -0.2) is 0 Å². The second-order valence-corrected chi connectivity index (χ2v) is 24.7. The molecule has 13 aromatic carbocycles. The zero-order chi connectivity index (χ0) is 63.0. The van der Waals surface area contributed by atoms with Gasteiger partial charge in [0.05, 0.1) is 11.0 Å². The summed E-state index contributed by atoms with van der Waals surface area (Å²) in [6, 6.07) is 96.8. The first kappa shape index (κ1) is 57.9. The minimum Gasteiger partial charge on any atom is -0.310 e. The van der Waals surface area contributed by atoms with Crippen molar-refractivity contribution in [3.8, 4) is 109 Å². The van der Waals surface area contributed by atoms with Gasteiger partial charge in [0.1, 0.15) is 5.41 Å². The summed E-state index contributed by atoms with van der Waals surface area (Å²) in [5, 5.41) is 9.70. The summed E-state index contributed by atoms with van der Waals surface area (Å²) in [5.41, 5.74) is 23.0. The number of aryl methyl sites for hydroxylation is 3. The highest BCUT2D eigenvalue weighted by molar-refractivity contribution is 6.22. The van der Waals surface area contributed by atoms with Gasteiger partial charge in [-0.2, -0.15) is 0 Å². The van der Waals surface area contributed by atoms with E-state index >= 15 is 0 Å². The second-order valence-electron chi connectivity index (χ2n) is 24.7. The van der Waals surface area contributed by atoms with Gasteiger partial charge in [0.2, 0.25) is 0 Å². The highest BCUT2D eigenvalue weighted by atomic mass is 15.1. The van der Waals surface area contributed by atoms with E-state index in [0.717, 1.165) is 62.4 Å². The zero-order valence-electron chi connectivity index (χ0n) is 53.3. The van der Waals surface area contributed by atoms with Gasteiger partial charge in [-0.1, -0.05) is 231 Å². The van der Waals surface area contributed by atoms with Gasteiger partial charge >= 0.3 is 0 Å². The molecule has 0 radical (unpaired) electrons. The fourth-order valence-electron chi connectivity index (χ4n) is 14.4. The van der Waals surface area contributed by atoms with Crippen molar-refractivity contribution < 1.29 is 0 Å². The number of hydrogen-bond acceptors (Lipinski definition) is 1. The molecule has 1 heterocycles. The van der Waals surface area contributed by atoms with Crippen LogP contribution >= 0.6 is 0 Å². The molecule has 0 bridgehead atoms. The third kappa shape index (κ3) is 10.5. The van der Waals surface area contributed by atoms with E-state index in [1.54, 1.807) is 0 Å². The first-order valence-corrected chi connectivity index (χ1v) is 32.6. The monoisotopic (exact) mass is 1190 g/mol. The number of para-hydroxylation sites is 1. The predicted octanol–water partition coefficient (Wildman–Crippen LogP) is 23.4. The number of aromatic nitrogens is 1. The Labute approximate surface area is 546 Å². The molecule has 15 rings (SSSR count). The number of benzene rings is 13. The van der Waals surface area contributed by atoms with Crippen molar-refractivity contribution in [3.63, 3.8) is 0 Å². The van der Waals surface area contributed by atoms with Crippen LogP contribution in [-0.4, -0.2) is 4.57 Å². The van der Waals surface area contributed by atoms with Crippen LogP contribution < -0.4 is 4.90 Å².